The second-order valence-electron chi connectivity index (χ2n) is 7.20. The molecule has 0 N–H and O–H groups in total. The zero-order valence-corrected chi connectivity index (χ0v) is 18.1. The van der Waals surface area contributed by atoms with E-state index in [4.69, 9.17) is 0 Å². The van der Waals surface area contributed by atoms with E-state index in [1.165, 1.54) is 0 Å². The molecule has 6 rings (SSSR count). The van der Waals surface area contributed by atoms with Gasteiger partial charge in [0.05, 0.1) is 8.42 Å². The van der Waals surface area contributed by atoms with Crippen LogP contribution in [-0.4, -0.2) is 0 Å². The van der Waals surface area contributed by atoms with Crippen LogP contribution in [-0.2, 0) is 0 Å². The Morgan fingerprint density at radius 2 is 1.03 bits per heavy atom. The van der Waals surface area contributed by atoms with Crippen molar-refractivity contribution in [3.63, 3.8) is 0 Å². The molecule has 144 valence electrons. The average molecular weight is 443 g/mol. The Morgan fingerprint density at radius 1 is 0.567 bits per heavy atom. The summed E-state index contributed by atoms with van der Waals surface area (Å²) in [6.07, 6.45) is 0. The van der Waals surface area contributed by atoms with Crippen LogP contribution in [0.1, 0.15) is 22.6 Å². The standard InChI is InChI=1S/C25H14O2S3/c26-22-15-10-4-6-12-17(15)28-24-20(22)19(14-8-2-1-3-9-14)21-23(27)16-11-5-7-13-18(16)29-25(21)30-24/h1-13,19H. The number of hydrogen-bond donors (Lipinski definition) is 0. The van der Waals surface area contributed by atoms with E-state index in [0.717, 1.165) is 45.3 Å². The van der Waals surface area contributed by atoms with Gasteiger partial charge in [0, 0.05) is 37.2 Å². The van der Waals surface area contributed by atoms with Crippen LogP contribution in [0.2, 0.25) is 0 Å². The molecule has 0 amide bonds. The molecule has 3 aromatic carbocycles. The summed E-state index contributed by atoms with van der Waals surface area (Å²) in [4.78, 5) is 27.3. The maximum Gasteiger partial charge on any atom is 0.193 e. The molecule has 5 aromatic rings. The van der Waals surface area contributed by atoms with Gasteiger partial charge in [-0.25, -0.2) is 0 Å². The molecule has 2 aromatic heterocycles. The SMILES string of the molecule is O=c1c2c(sc3ccccc13)Sc1sc3ccccc3c(=O)c1C2c1ccccc1. The molecule has 30 heavy (non-hydrogen) atoms. The van der Waals surface area contributed by atoms with Crippen molar-refractivity contribution < 1.29 is 0 Å². The minimum absolute atomic E-state index is 0.0314. The molecule has 5 heteroatoms. The van der Waals surface area contributed by atoms with Crippen molar-refractivity contribution in [1.82, 2.24) is 0 Å². The van der Waals surface area contributed by atoms with Crippen molar-refractivity contribution in [2.24, 2.45) is 0 Å². The van der Waals surface area contributed by atoms with Gasteiger partial charge in [0.2, 0.25) is 0 Å². The summed E-state index contributed by atoms with van der Waals surface area (Å²) >= 11 is 4.86. The molecule has 0 atom stereocenters. The highest BCUT2D eigenvalue weighted by atomic mass is 32.2. The second kappa shape index (κ2) is 6.91. The number of benzene rings is 3. The van der Waals surface area contributed by atoms with Crippen LogP contribution in [0.25, 0.3) is 20.2 Å². The first-order valence-corrected chi connectivity index (χ1v) is 12.0. The van der Waals surface area contributed by atoms with Gasteiger partial charge in [-0.1, -0.05) is 66.4 Å². The highest BCUT2D eigenvalue weighted by molar-refractivity contribution is 8.03. The van der Waals surface area contributed by atoms with Gasteiger partial charge in [-0.2, -0.15) is 0 Å². The van der Waals surface area contributed by atoms with E-state index in [1.54, 1.807) is 34.4 Å². The first-order valence-electron chi connectivity index (χ1n) is 9.56. The Labute approximate surface area is 184 Å². The van der Waals surface area contributed by atoms with Crippen molar-refractivity contribution >= 4 is 54.6 Å². The van der Waals surface area contributed by atoms with Gasteiger partial charge < -0.3 is 0 Å². The predicted octanol–water partition coefficient (Wildman–Crippen LogP) is 6.48. The van der Waals surface area contributed by atoms with E-state index >= 15 is 0 Å². The molecule has 0 saturated carbocycles. The molecular weight excluding hydrogens is 428 g/mol. The van der Waals surface area contributed by atoms with E-state index < -0.39 is 0 Å². The monoisotopic (exact) mass is 442 g/mol. The van der Waals surface area contributed by atoms with E-state index in [-0.39, 0.29) is 16.8 Å². The molecule has 0 unspecified atom stereocenters. The lowest BCUT2D eigenvalue weighted by molar-refractivity contribution is 0.911. The summed E-state index contributed by atoms with van der Waals surface area (Å²) in [5.41, 5.74) is 2.52. The third-order valence-corrected chi connectivity index (χ3v) is 9.27. The van der Waals surface area contributed by atoms with E-state index in [0.29, 0.717) is 0 Å². The van der Waals surface area contributed by atoms with E-state index in [2.05, 4.69) is 0 Å². The number of rotatable bonds is 1. The molecule has 1 aliphatic rings. The summed E-state index contributed by atoms with van der Waals surface area (Å²) in [7, 11) is 0. The normalized spacial score (nSPS) is 13.3. The van der Waals surface area contributed by atoms with Crippen molar-refractivity contribution in [3.05, 3.63) is 116 Å². The van der Waals surface area contributed by atoms with E-state index in [9.17, 15) is 9.59 Å². The zero-order valence-electron chi connectivity index (χ0n) is 15.6. The maximum atomic E-state index is 13.6. The van der Waals surface area contributed by atoms with Gasteiger partial charge in [0.15, 0.2) is 10.9 Å². The van der Waals surface area contributed by atoms with Crippen LogP contribution < -0.4 is 10.9 Å². The van der Waals surface area contributed by atoms with Crippen molar-refractivity contribution in [2.45, 2.75) is 14.3 Å². The Hall–Kier alpha value is -2.73. The molecule has 3 heterocycles. The number of hydrogen-bond acceptors (Lipinski definition) is 5. The highest BCUT2D eigenvalue weighted by Crippen LogP contribution is 2.51. The molecule has 0 radical (unpaired) electrons. The fourth-order valence-electron chi connectivity index (χ4n) is 4.13. The summed E-state index contributed by atoms with van der Waals surface area (Å²) < 4.78 is 3.95. The Bertz CT molecular complexity index is 1470. The van der Waals surface area contributed by atoms with Gasteiger partial charge in [0.25, 0.3) is 0 Å². The summed E-state index contributed by atoms with van der Waals surface area (Å²) in [5, 5.41) is 1.45. The predicted molar refractivity (Wildman–Crippen MR) is 128 cm³/mol. The topological polar surface area (TPSA) is 34.1 Å². The molecule has 0 fully saturated rings. The first-order chi connectivity index (χ1) is 14.7. The smallest absolute Gasteiger partial charge is 0.193 e. The molecule has 0 aliphatic carbocycles. The third kappa shape index (κ3) is 2.63. The van der Waals surface area contributed by atoms with Crippen LogP contribution in [0, 0.1) is 0 Å². The van der Waals surface area contributed by atoms with Crippen LogP contribution in [0.3, 0.4) is 0 Å². The van der Waals surface area contributed by atoms with Gasteiger partial charge in [0.1, 0.15) is 0 Å². The second-order valence-corrected chi connectivity index (χ2v) is 10.8. The summed E-state index contributed by atoms with van der Waals surface area (Å²) in [6, 6.07) is 25.5. The van der Waals surface area contributed by atoms with Gasteiger partial charge in [-0.15, -0.1) is 22.7 Å². The van der Waals surface area contributed by atoms with Gasteiger partial charge >= 0.3 is 0 Å². The minimum Gasteiger partial charge on any atom is -0.289 e. The fraction of sp³-hybridized carbons (Fsp3) is 0.0400. The van der Waals surface area contributed by atoms with Crippen molar-refractivity contribution in [3.8, 4) is 0 Å². The molecule has 1 aliphatic heterocycles. The summed E-state index contributed by atoms with van der Waals surface area (Å²) in [6.45, 7) is 0. The molecular formula is C25H14O2S3. The number of fused-ring (bicyclic) bond motifs is 4. The van der Waals surface area contributed by atoms with E-state index in [1.807, 2.05) is 78.9 Å². The molecule has 0 bridgehead atoms. The van der Waals surface area contributed by atoms with Crippen LogP contribution in [0.4, 0.5) is 0 Å². The van der Waals surface area contributed by atoms with Crippen molar-refractivity contribution in [1.29, 1.82) is 0 Å². The minimum atomic E-state index is -0.348. The lowest BCUT2D eigenvalue weighted by Gasteiger charge is -2.27. The Morgan fingerprint density at radius 3 is 1.57 bits per heavy atom. The van der Waals surface area contributed by atoms with Gasteiger partial charge in [-0.3, -0.25) is 9.59 Å². The average Bonchev–Trinajstić information content (AvgIpc) is 2.79. The summed E-state index contributed by atoms with van der Waals surface area (Å²) in [5.74, 6) is -0.348. The maximum absolute atomic E-state index is 13.6. The van der Waals surface area contributed by atoms with Gasteiger partial charge in [-0.05, 0) is 29.8 Å². The lowest BCUT2D eigenvalue weighted by atomic mass is 9.86. The molecule has 2 nitrogen and oxygen atoms in total. The van der Waals surface area contributed by atoms with Crippen molar-refractivity contribution in [2.75, 3.05) is 0 Å². The first kappa shape index (κ1) is 18.1. The van der Waals surface area contributed by atoms with Crippen LogP contribution >= 0.6 is 34.4 Å². The quantitative estimate of drug-likeness (QED) is 0.292. The Balaban J connectivity index is 1.77. The fourth-order valence-corrected chi connectivity index (χ4v) is 8.34. The lowest BCUT2D eigenvalue weighted by Crippen LogP contribution is -2.25. The third-order valence-electron chi connectivity index (χ3n) is 5.49. The van der Waals surface area contributed by atoms with Crippen LogP contribution in [0.5, 0.6) is 0 Å². The molecule has 0 saturated heterocycles. The largest absolute Gasteiger partial charge is 0.289 e. The molecule has 0 spiro atoms. The highest BCUT2D eigenvalue weighted by Gasteiger charge is 2.34. The zero-order chi connectivity index (χ0) is 20.2. The van der Waals surface area contributed by atoms with Crippen LogP contribution in [0.15, 0.2) is 96.9 Å². The Kier molecular flexibility index (Phi) is 4.16.